The molecule has 0 atom stereocenters. The van der Waals surface area contributed by atoms with Crippen LogP contribution in [0.25, 0.3) is 0 Å². The normalized spacial score (nSPS) is 10.5. The van der Waals surface area contributed by atoms with E-state index in [-0.39, 0.29) is 18.0 Å². The largest absolute Gasteiger partial charge is 0.497 e. The first-order valence-electron chi connectivity index (χ1n) is 7.30. The zero-order valence-electron chi connectivity index (χ0n) is 13.8. The molecule has 25 heavy (non-hydrogen) atoms. The topological polar surface area (TPSA) is 103 Å². The van der Waals surface area contributed by atoms with Crippen molar-refractivity contribution in [1.82, 2.24) is 5.43 Å². The number of methoxy groups -OCH3 is 2. The monoisotopic (exact) mass is 343 g/mol. The molecule has 0 bridgehead atoms. The highest BCUT2D eigenvalue weighted by Crippen LogP contribution is 2.23. The number of hydrogen-bond acceptors (Lipinski definition) is 6. The van der Waals surface area contributed by atoms with E-state index in [0.717, 1.165) is 0 Å². The molecule has 1 amide bonds. The van der Waals surface area contributed by atoms with Crippen molar-refractivity contribution >= 4 is 17.8 Å². The smallest absolute Gasteiger partial charge is 0.269 e. The van der Waals surface area contributed by atoms with Gasteiger partial charge in [-0.05, 0) is 17.7 Å². The summed E-state index contributed by atoms with van der Waals surface area (Å²) in [5.74, 6) is 0.876. The zero-order chi connectivity index (χ0) is 18.2. The fraction of sp³-hybridized carbons (Fsp3) is 0.176. The van der Waals surface area contributed by atoms with Crippen molar-refractivity contribution in [3.63, 3.8) is 0 Å². The van der Waals surface area contributed by atoms with E-state index >= 15 is 0 Å². The summed E-state index contributed by atoms with van der Waals surface area (Å²) in [6, 6.07) is 11.0. The predicted octanol–water partition coefficient (Wildman–Crippen LogP) is 2.30. The van der Waals surface area contributed by atoms with E-state index in [2.05, 4.69) is 10.5 Å². The number of hydrogen-bond donors (Lipinski definition) is 1. The lowest BCUT2D eigenvalue weighted by atomic mass is 10.1. The van der Waals surface area contributed by atoms with Gasteiger partial charge in [0.2, 0.25) is 5.91 Å². The molecule has 130 valence electrons. The number of carbonyl (C=O) groups is 1. The van der Waals surface area contributed by atoms with Crippen LogP contribution in [-0.4, -0.2) is 31.3 Å². The molecule has 0 radical (unpaired) electrons. The fourth-order valence-electron chi connectivity index (χ4n) is 2.06. The van der Waals surface area contributed by atoms with Gasteiger partial charge in [-0.25, -0.2) is 5.43 Å². The Hall–Kier alpha value is -3.42. The second-order valence-corrected chi connectivity index (χ2v) is 5.00. The van der Waals surface area contributed by atoms with Gasteiger partial charge in [-0.3, -0.25) is 14.9 Å². The molecule has 8 nitrogen and oxygen atoms in total. The lowest BCUT2D eigenvalue weighted by Gasteiger charge is -2.07. The third-order valence-electron chi connectivity index (χ3n) is 3.35. The molecule has 1 N–H and O–H groups in total. The molecule has 0 aliphatic rings. The van der Waals surface area contributed by atoms with Gasteiger partial charge < -0.3 is 9.47 Å². The first-order valence-corrected chi connectivity index (χ1v) is 7.30. The minimum absolute atomic E-state index is 0.0196. The Bertz CT molecular complexity index is 787. The first kappa shape index (κ1) is 17.9. The summed E-state index contributed by atoms with van der Waals surface area (Å²) in [5, 5.41) is 14.5. The number of nitro groups is 1. The highest BCUT2D eigenvalue weighted by molar-refractivity contribution is 5.86. The predicted molar refractivity (Wildman–Crippen MR) is 92.1 cm³/mol. The van der Waals surface area contributed by atoms with Crippen LogP contribution in [0.4, 0.5) is 5.69 Å². The maximum atomic E-state index is 11.9. The summed E-state index contributed by atoms with van der Waals surface area (Å²) >= 11 is 0. The Morgan fingerprint density at radius 3 is 2.52 bits per heavy atom. The van der Waals surface area contributed by atoms with E-state index in [1.807, 2.05) is 0 Å². The maximum Gasteiger partial charge on any atom is 0.269 e. The Labute approximate surface area is 144 Å². The van der Waals surface area contributed by atoms with E-state index in [1.54, 1.807) is 25.3 Å². The van der Waals surface area contributed by atoms with Crippen LogP contribution < -0.4 is 14.9 Å². The van der Waals surface area contributed by atoms with Crippen LogP contribution in [0.1, 0.15) is 11.1 Å². The molecule has 0 saturated carbocycles. The van der Waals surface area contributed by atoms with Crippen LogP contribution in [0, 0.1) is 10.1 Å². The van der Waals surface area contributed by atoms with E-state index < -0.39 is 4.92 Å². The first-order chi connectivity index (χ1) is 12.0. The zero-order valence-corrected chi connectivity index (χ0v) is 13.8. The van der Waals surface area contributed by atoms with Gasteiger partial charge in [-0.15, -0.1) is 0 Å². The molecule has 2 aromatic carbocycles. The number of nitro benzene ring substituents is 1. The molecule has 0 fully saturated rings. The van der Waals surface area contributed by atoms with E-state index in [4.69, 9.17) is 9.47 Å². The van der Waals surface area contributed by atoms with Crippen LogP contribution in [0.2, 0.25) is 0 Å². The van der Waals surface area contributed by atoms with E-state index in [0.29, 0.717) is 22.6 Å². The Morgan fingerprint density at radius 1 is 1.20 bits per heavy atom. The Kier molecular flexibility index (Phi) is 6.05. The summed E-state index contributed by atoms with van der Waals surface area (Å²) < 4.78 is 10.3. The van der Waals surface area contributed by atoms with Crippen molar-refractivity contribution in [3.05, 3.63) is 63.7 Å². The Balaban J connectivity index is 1.95. The number of ether oxygens (including phenoxy) is 2. The van der Waals surface area contributed by atoms with Crippen molar-refractivity contribution in [2.75, 3.05) is 14.2 Å². The van der Waals surface area contributed by atoms with Gasteiger partial charge in [0.1, 0.15) is 11.5 Å². The summed E-state index contributed by atoms with van der Waals surface area (Å²) in [4.78, 5) is 22.0. The molecule has 2 rings (SSSR count). The lowest BCUT2D eigenvalue weighted by molar-refractivity contribution is -0.384. The highest BCUT2D eigenvalue weighted by atomic mass is 16.6. The number of nitrogens with zero attached hydrogens (tertiary/aromatic N) is 2. The molecular formula is C17H17N3O5. The quantitative estimate of drug-likeness (QED) is 0.472. The van der Waals surface area contributed by atoms with Crippen molar-refractivity contribution < 1.29 is 19.2 Å². The van der Waals surface area contributed by atoms with Crippen LogP contribution in [0.5, 0.6) is 11.5 Å². The van der Waals surface area contributed by atoms with Crippen molar-refractivity contribution in [2.45, 2.75) is 6.42 Å². The minimum Gasteiger partial charge on any atom is -0.497 e. The van der Waals surface area contributed by atoms with Crippen LogP contribution in [0.3, 0.4) is 0 Å². The van der Waals surface area contributed by atoms with Crippen LogP contribution in [0.15, 0.2) is 47.6 Å². The molecule has 8 heteroatoms. The lowest BCUT2D eigenvalue weighted by Crippen LogP contribution is -2.19. The number of carbonyl (C=O) groups excluding carboxylic acids is 1. The third-order valence-corrected chi connectivity index (χ3v) is 3.35. The number of nitrogens with one attached hydrogen (secondary N) is 1. The fourth-order valence-corrected chi connectivity index (χ4v) is 2.06. The van der Waals surface area contributed by atoms with Crippen molar-refractivity contribution in [1.29, 1.82) is 0 Å². The molecular weight excluding hydrogens is 326 g/mol. The summed E-state index contributed by atoms with van der Waals surface area (Å²) in [7, 11) is 3.08. The number of non-ortho nitro benzene ring substituents is 1. The Morgan fingerprint density at radius 2 is 1.92 bits per heavy atom. The second-order valence-electron chi connectivity index (χ2n) is 5.00. The molecule has 0 heterocycles. The third kappa shape index (κ3) is 5.03. The average molecular weight is 343 g/mol. The summed E-state index contributed by atoms with van der Waals surface area (Å²) in [6.45, 7) is 0. The van der Waals surface area contributed by atoms with Gasteiger partial charge in [0, 0.05) is 23.8 Å². The molecule has 0 aliphatic heterocycles. The number of rotatable bonds is 7. The van der Waals surface area contributed by atoms with Gasteiger partial charge in [0.15, 0.2) is 0 Å². The maximum absolute atomic E-state index is 11.9. The molecule has 0 aliphatic carbocycles. The average Bonchev–Trinajstić information content (AvgIpc) is 2.62. The van der Waals surface area contributed by atoms with Crippen LogP contribution >= 0.6 is 0 Å². The number of amides is 1. The molecule has 2 aromatic rings. The van der Waals surface area contributed by atoms with Crippen molar-refractivity contribution in [3.8, 4) is 11.5 Å². The van der Waals surface area contributed by atoms with E-state index in [1.165, 1.54) is 37.6 Å². The second kappa shape index (κ2) is 8.44. The molecule has 0 saturated heterocycles. The van der Waals surface area contributed by atoms with Crippen molar-refractivity contribution in [2.24, 2.45) is 5.10 Å². The highest BCUT2D eigenvalue weighted by Gasteiger charge is 2.07. The summed E-state index contributed by atoms with van der Waals surface area (Å²) in [5.41, 5.74) is 3.72. The van der Waals surface area contributed by atoms with Gasteiger partial charge >= 0.3 is 0 Å². The molecule has 0 aromatic heterocycles. The van der Waals surface area contributed by atoms with Gasteiger partial charge in [0.25, 0.3) is 5.69 Å². The van der Waals surface area contributed by atoms with Crippen LogP contribution in [-0.2, 0) is 11.2 Å². The number of hydrazone groups is 1. The number of benzene rings is 2. The van der Waals surface area contributed by atoms with Gasteiger partial charge in [0.05, 0.1) is 31.8 Å². The molecule has 0 unspecified atom stereocenters. The standard InChI is InChI=1S/C17H17N3O5/c1-24-15-8-5-13(16(10-15)25-2)11-18-19-17(21)9-12-3-6-14(7-4-12)20(22)23/h3-8,10-11H,9H2,1-2H3,(H,19,21). The SMILES string of the molecule is COc1ccc(C=NNC(=O)Cc2ccc([N+](=O)[O-])cc2)c(OC)c1. The molecule has 0 spiro atoms. The van der Waals surface area contributed by atoms with Gasteiger partial charge in [-0.2, -0.15) is 5.10 Å². The van der Waals surface area contributed by atoms with E-state index in [9.17, 15) is 14.9 Å². The summed E-state index contributed by atoms with van der Waals surface area (Å²) in [6.07, 6.45) is 1.53. The minimum atomic E-state index is -0.490. The van der Waals surface area contributed by atoms with Gasteiger partial charge in [-0.1, -0.05) is 12.1 Å².